The second kappa shape index (κ2) is 2.84. The van der Waals surface area contributed by atoms with E-state index in [1.165, 1.54) is 14.1 Å². The Labute approximate surface area is 55.0 Å². The molecule has 5 heteroatoms. The zero-order valence-electron chi connectivity index (χ0n) is 5.36. The molecule has 0 aliphatic heterocycles. The van der Waals surface area contributed by atoms with E-state index in [-0.39, 0.29) is 0 Å². The number of hydrogen-bond acceptors (Lipinski definition) is 3. The lowest BCUT2D eigenvalue weighted by Crippen LogP contribution is -2.22. The second-order valence-corrected chi connectivity index (χ2v) is 3.28. The summed E-state index contributed by atoms with van der Waals surface area (Å²) in [6.45, 7) is 3.10. The molecule has 0 N–H and O–H groups in total. The van der Waals surface area contributed by atoms with Gasteiger partial charge >= 0.3 is 10.3 Å². The lowest BCUT2D eigenvalue weighted by molar-refractivity contribution is 0.388. The van der Waals surface area contributed by atoms with Crippen LogP contribution in [0.3, 0.4) is 0 Å². The minimum absolute atomic E-state index is 0.870. The first-order valence-electron chi connectivity index (χ1n) is 2.22. The van der Waals surface area contributed by atoms with Crippen LogP contribution >= 0.6 is 0 Å². The minimum Gasteiger partial charge on any atom is -0.379 e. The van der Waals surface area contributed by atoms with Crippen LogP contribution in [0.1, 0.15) is 0 Å². The summed E-state index contributed by atoms with van der Waals surface area (Å²) in [6.07, 6.45) is 0.870. The van der Waals surface area contributed by atoms with Crippen molar-refractivity contribution < 1.29 is 12.6 Å². The highest BCUT2D eigenvalue weighted by atomic mass is 32.2. The van der Waals surface area contributed by atoms with Gasteiger partial charge in [0.2, 0.25) is 0 Å². The lowest BCUT2D eigenvalue weighted by Gasteiger charge is -2.07. The summed E-state index contributed by atoms with van der Waals surface area (Å²) in [5.41, 5.74) is 0. The molecule has 0 aromatic rings. The first kappa shape index (κ1) is 8.45. The van der Waals surface area contributed by atoms with Crippen molar-refractivity contribution in [2.24, 2.45) is 0 Å². The van der Waals surface area contributed by atoms with Crippen molar-refractivity contribution in [3.63, 3.8) is 0 Å². The minimum atomic E-state index is -3.53. The van der Waals surface area contributed by atoms with Gasteiger partial charge in [0.05, 0.1) is 0 Å². The molecule has 0 aliphatic carbocycles. The van der Waals surface area contributed by atoms with E-state index in [2.05, 4.69) is 10.8 Å². The largest absolute Gasteiger partial charge is 0.384 e. The highest BCUT2D eigenvalue weighted by Crippen LogP contribution is 1.94. The summed E-state index contributed by atoms with van der Waals surface area (Å²) in [5, 5.41) is 0. The van der Waals surface area contributed by atoms with E-state index in [0.717, 1.165) is 10.6 Å². The Morgan fingerprint density at radius 3 is 2.11 bits per heavy atom. The molecule has 0 bridgehead atoms. The quantitative estimate of drug-likeness (QED) is 0.531. The smallest absolute Gasteiger partial charge is 0.379 e. The normalized spacial score (nSPS) is 11.4. The van der Waals surface area contributed by atoms with Gasteiger partial charge in [-0.1, -0.05) is 6.58 Å². The Balaban J connectivity index is 4.22. The molecule has 0 aromatic carbocycles. The predicted molar refractivity (Wildman–Crippen MR) is 33.9 cm³/mol. The van der Waals surface area contributed by atoms with Crippen LogP contribution in [-0.4, -0.2) is 26.8 Å². The molecular formula is C4H9NO3S. The van der Waals surface area contributed by atoms with Gasteiger partial charge in [0.1, 0.15) is 6.26 Å². The molecule has 0 atom stereocenters. The van der Waals surface area contributed by atoms with Crippen molar-refractivity contribution >= 4 is 10.3 Å². The molecule has 9 heavy (non-hydrogen) atoms. The van der Waals surface area contributed by atoms with Gasteiger partial charge in [-0.25, -0.2) is 0 Å². The van der Waals surface area contributed by atoms with Gasteiger partial charge in [-0.3, -0.25) is 0 Å². The summed E-state index contributed by atoms with van der Waals surface area (Å²) in [5.74, 6) is 0. The molecule has 0 heterocycles. The van der Waals surface area contributed by atoms with E-state index in [1.807, 2.05) is 0 Å². The lowest BCUT2D eigenvalue weighted by atomic mass is 11.2. The van der Waals surface area contributed by atoms with Crippen LogP contribution in [0.2, 0.25) is 0 Å². The summed E-state index contributed by atoms with van der Waals surface area (Å²) >= 11 is 0. The van der Waals surface area contributed by atoms with Crippen molar-refractivity contribution in [3.8, 4) is 0 Å². The second-order valence-electron chi connectivity index (χ2n) is 1.50. The zero-order chi connectivity index (χ0) is 7.49. The third-order valence-corrected chi connectivity index (χ3v) is 1.91. The summed E-state index contributed by atoms with van der Waals surface area (Å²) in [6, 6.07) is 0. The molecule has 0 spiro atoms. The fraction of sp³-hybridized carbons (Fsp3) is 0.500. The molecule has 0 amide bonds. The average Bonchev–Trinajstić information content (AvgIpc) is 1.65. The van der Waals surface area contributed by atoms with Gasteiger partial charge in [0, 0.05) is 14.1 Å². The monoisotopic (exact) mass is 151 g/mol. The van der Waals surface area contributed by atoms with Gasteiger partial charge in [0.15, 0.2) is 0 Å². The van der Waals surface area contributed by atoms with Gasteiger partial charge in [-0.05, 0) is 0 Å². The van der Waals surface area contributed by atoms with Crippen molar-refractivity contribution in [1.82, 2.24) is 4.31 Å². The van der Waals surface area contributed by atoms with Crippen LogP contribution in [-0.2, 0) is 14.5 Å². The highest BCUT2D eigenvalue weighted by molar-refractivity contribution is 7.84. The van der Waals surface area contributed by atoms with Gasteiger partial charge in [0.25, 0.3) is 0 Å². The van der Waals surface area contributed by atoms with Crippen LogP contribution in [0.5, 0.6) is 0 Å². The summed E-state index contributed by atoms with van der Waals surface area (Å²) in [7, 11) is -0.785. The third-order valence-electron chi connectivity index (χ3n) is 0.637. The highest BCUT2D eigenvalue weighted by Gasteiger charge is 2.11. The van der Waals surface area contributed by atoms with Crippen LogP contribution < -0.4 is 0 Å². The Kier molecular flexibility index (Phi) is 2.66. The van der Waals surface area contributed by atoms with Crippen LogP contribution in [0.4, 0.5) is 0 Å². The van der Waals surface area contributed by atoms with E-state index in [9.17, 15) is 8.42 Å². The average molecular weight is 151 g/mol. The molecule has 0 fully saturated rings. The van der Waals surface area contributed by atoms with Crippen LogP contribution in [0.15, 0.2) is 12.8 Å². The molecule has 0 aliphatic rings. The Morgan fingerprint density at radius 1 is 1.56 bits per heavy atom. The zero-order valence-corrected chi connectivity index (χ0v) is 6.18. The first-order valence-corrected chi connectivity index (χ1v) is 3.59. The van der Waals surface area contributed by atoms with E-state index < -0.39 is 10.3 Å². The number of nitrogens with zero attached hydrogens (tertiary/aromatic N) is 1. The third kappa shape index (κ3) is 2.48. The molecule has 0 unspecified atom stereocenters. The molecular weight excluding hydrogens is 142 g/mol. The van der Waals surface area contributed by atoms with E-state index in [1.54, 1.807) is 0 Å². The predicted octanol–water partition coefficient (Wildman–Crippen LogP) is -0.0471. The molecule has 0 aromatic heterocycles. The fourth-order valence-corrected chi connectivity index (χ4v) is 0.516. The van der Waals surface area contributed by atoms with E-state index >= 15 is 0 Å². The SMILES string of the molecule is C=COS(=O)(=O)N(C)C. The molecule has 0 radical (unpaired) electrons. The Morgan fingerprint density at radius 2 is 2.00 bits per heavy atom. The van der Waals surface area contributed by atoms with Crippen molar-refractivity contribution in [3.05, 3.63) is 12.8 Å². The van der Waals surface area contributed by atoms with Crippen molar-refractivity contribution in [2.75, 3.05) is 14.1 Å². The number of hydrogen-bond donors (Lipinski definition) is 0. The van der Waals surface area contributed by atoms with Gasteiger partial charge in [-0.15, -0.1) is 0 Å². The molecule has 54 valence electrons. The van der Waals surface area contributed by atoms with Gasteiger partial charge < -0.3 is 4.18 Å². The molecule has 4 nitrogen and oxygen atoms in total. The van der Waals surface area contributed by atoms with Crippen LogP contribution in [0, 0.1) is 0 Å². The van der Waals surface area contributed by atoms with Crippen LogP contribution in [0.25, 0.3) is 0 Å². The van der Waals surface area contributed by atoms with E-state index in [0.29, 0.717) is 0 Å². The Hall–Kier alpha value is -0.550. The summed E-state index contributed by atoms with van der Waals surface area (Å²) in [4.78, 5) is 0. The van der Waals surface area contributed by atoms with Crippen molar-refractivity contribution in [2.45, 2.75) is 0 Å². The Bertz CT molecular complexity index is 182. The molecule has 0 rings (SSSR count). The maximum Gasteiger partial charge on any atom is 0.384 e. The van der Waals surface area contributed by atoms with Crippen molar-refractivity contribution in [1.29, 1.82) is 0 Å². The van der Waals surface area contributed by atoms with E-state index in [4.69, 9.17) is 0 Å². The maximum atomic E-state index is 10.6. The first-order chi connectivity index (χ1) is 4.00. The maximum absolute atomic E-state index is 10.6. The van der Waals surface area contributed by atoms with Gasteiger partial charge in [-0.2, -0.15) is 12.7 Å². The molecule has 0 saturated carbocycles. The molecule has 0 saturated heterocycles. The fourth-order valence-electron chi connectivity index (χ4n) is 0.172. The summed E-state index contributed by atoms with van der Waals surface area (Å²) < 4.78 is 26.2. The topological polar surface area (TPSA) is 46.6 Å². The number of rotatable bonds is 3. The standard InChI is InChI=1S/C4H9NO3S/c1-4-8-9(6,7)5(2)3/h4H,1H2,2-3H3.